The molecule has 0 fully saturated rings. The molecule has 0 aliphatic carbocycles. The molecular formula is C29H36. The maximum atomic E-state index is 2.24. The summed E-state index contributed by atoms with van der Waals surface area (Å²) in [6.45, 7) is 17.2. The van der Waals surface area contributed by atoms with E-state index < -0.39 is 0 Å². The smallest absolute Gasteiger partial charge is 0.00672 e. The van der Waals surface area contributed by atoms with E-state index in [0.29, 0.717) is 5.41 Å². The summed E-state index contributed by atoms with van der Waals surface area (Å²) in [6.07, 6.45) is 0. The minimum atomic E-state index is 0.500. The van der Waals surface area contributed by atoms with Crippen molar-refractivity contribution in [2.75, 3.05) is 0 Å². The van der Waals surface area contributed by atoms with Crippen LogP contribution in [0.15, 0.2) is 72.8 Å². The maximum Gasteiger partial charge on any atom is -0.00672 e. The lowest BCUT2D eigenvalue weighted by molar-refractivity contribution is 0.469. The van der Waals surface area contributed by atoms with Gasteiger partial charge in [-0.3, -0.25) is 0 Å². The minimum absolute atomic E-state index is 0.500. The number of aryl methyl sites for hydroxylation is 2. The van der Waals surface area contributed by atoms with Crippen LogP contribution in [0.1, 0.15) is 52.7 Å². The van der Waals surface area contributed by atoms with Crippen molar-refractivity contribution in [3.8, 4) is 11.1 Å². The van der Waals surface area contributed by atoms with Crippen LogP contribution in [-0.2, 0) is 0 Å². The van der Waals surface area contributed by atoms with Gasteiger partial charge in [-0.1, -0.05) is 114 Å². The van der Waals surface area contributed by atoms with Gasteiger partial charge in [-0.25, -0.2) is 0 Å². The Balaban J connectivity index is 0.000000378. The topological polar surface area (TPSA) is 0 Å². The van der Waals surface area contributed by atoms with Crippen molar-refractivity contribution >= 4 is 21.5 Å². The fraction of sp³-hybridized carbons (Fsp3) is 0.310. The molecule has 0 aliphatic rings. The summed E-state index contributed by atoms with van der Waals surface area (Å²) < 4.78 is 0. The highest BCUT2D eigenvalue weighted by molar-refractivity contribution is 6.07. The van der Waals surface area contributed by atoms with Gasteiger partial charge in [0.05, 0.1) is 0 Å². The van der Waals surface area contributed by atoms with Gasteiger partial charge in [-0.05, 0) is 63.1 Å². The Kier molecular flexibility index (Phi) is 7.62. The summed E-state index contributed by atoms with van der Waals surface area (Å²) in [4.78, 5) is 0. The van der Waals surface area contributed by atoms with Crippen molar-refractivity contribution in [3.05, 3.63) is 83.9 Å². The quantitative estimate of drug-likeness (QED) is 0.306. The summed E-state index contributed by atoms with van der Waals surface area (Å²) in [5, 5.41) is 5.27. The highest BCUT2D eigenvalue weighted by Crippen LogP contribution is 2.38. The van der Waals surface area contributed by atoms with E-state index in [9.17, 15) is 0 Å². The zero-order valence-electron chi connectivity index (χ0n) is 19.4. The maximum absolute atomic E-state index is 2.24. The van der Waals surface area contributed by atoms with Crippen LogP contribution in [-0.4, -0.2) is 0 Å². The van der Waals surface area contributed by atoms with Crippen molar-refractivity contribution < 1.29 is 0 Å². The Bertz CT molecular complexity index is 989. The minimum Gasteiger partial charge on any atom is -0.0683 e. The number of rotatable bonds is 1. The molecule has 0 N–H and O–H groups in total. The Morgan fingerprint density at radius 3 is 1.14 bits per heavy atom. The van der Waals surface area contributed by atoms with Crippen LogP contribution in [0.3, 0.4) is 0 Å². The molecule has 0 aromatic heterocycles. The SMILES string of the molecule is CC.CC(C)(C)C.Cc1ccc2ccccc2c1-c1c(C)ccc2ccccc12. The molecule has 0 saturated carbocycles. The summed E-state index contributed by atoms with van der Waals surface area (Å²) in [6, 6.07) is 26.2. The van der Waals surface area contributed by atoms with E-state index in [4.69, 9.17) is 0 Å². The standard InChI is InChI=1S/C22H18.C5H12.C2H6/c1-15-11-13-17-7-3-5-9-19(17)21(15)22-16(2)12-14-18-8-4-6-10-20(18)22;1-5(2,3)4;1-2/h3-14H,1-2H3;1-4H3;1-2H3. The second kappa shape index (κ2) is 9.74. The fourth-order valence-corrected chi connectivity index (χ4v) is 3.42. The first-order valence-electron chi connectivity index (χ1n) is 10.7. The van der Waals surface area contributed by atoms with Crippen LogP contribution in [0.5, 0.6) is 0 Å². The van der Waals surface area contributed by atoms with Gasteiger partial charge in [0.15, 0.2) is 0 Å². The summed E-state index contributed by atoms with van der Waals surface area (Å²) in [5.41, 5.74) is 5.90. The third-order valence-corrected chi connectivity index (χ3v) is 4.52. The molecule has 4 aromatic carbocycles. The van der Waals surface area contributed by atoms with Gasteiger partial charge < -0.3 is 0 Å². The van der Waals surface area contributed by atoms with E-state index in [1.165, 1.54) is 43.8 Å². The predicted molar refractivity (Wildman–Crippen MR) is 133 cm³/mol. The molecule has 0 nitrogen and oxygen atoms in total. The first kappa shape index (κ1) is 22.7. The van der Waals surface area contributed by atoms with Gasteiger partial charge in [0.2, 0.25) is 0 Å². The fourth-order valence-electron chi connectivity index (χ4n) is 3.42. The molecule has 0 unspecified atom stereocenters. The average molecular weight is 385 g/mol. The number of hydrogen-bond acceptors (Lipinski definition) is 0. The third kappa shape index (κ3) is 5.70. The van der Waals surface area contributed by atoms with Gasteiger partial charge in [0, 0.05) is 0 Å². The van der Waals surface area contributed by atoms with E-state index in [1.807, 2.05) is 13.8 Å². The predicted octanol–water partition coefficient (Wildman–Crippen LogP) is 9.36. The monoisotopic (exact) mass is 384 g/mol. The summed E-state index contributed by atoms with van der Waals surface area (Å²) >= 11 is 0. The van der Waals surface area contributed by atoms with E-state index in [-0.39, 0.29) is 0 Å². The zero-order valence-corrected chi connectivity index (χ0v) is 19.4. The van der Waals surface area contributed by atoms with Crippen molar-refractivity contribution in [2.45, 2.75) is 55.4 Å². The van der Waals surface area contributed by atoms with E-state index in [1.54, 1.807) is 0 Å². The number of fused-ring (bicyclic) bond motifs is 2. The van der Waals surface area contributed by atoms with Gasteiger partial charge in [-0.15, -0.1) is 0 Å². The Hall–Kier alpha value is -2.60. The van der Waals surface area contributed by atoms with Crippen LogP contribution in [0.25, 0.3) is 32.7 Å². The highest BCUT2D eigenvalue weighted by Gasteiger charge is 2.12. The molecule has 0 saturated heterocycles. The van der Waals surface area contributed by atoms with Crippen molar-refractivity contribution in [1.82, 2.24) is 0 Å². The van der Waals surface area contributed by atoms with Gasteiger partial charge in [0.25, 0.3) is 0 Å². The van der Waals surface area contributed by atoms with Crippen LogP contribution >= 0.6 is 0 Å². The Labute approximate surface area is 177 Å². The molecular weight excluding hydrogens is 348 g/mol. The van der Waals surface area contributed by atoms with Crippen molar-refractivity contribution in [1.29, 1.82) is 0 Å². The van der Waals surface area contributed by atoms with Crippen LogP contribution in [0.2, 0.25) is 0 Å². The summed E-state index contributed by atoms with van der Waals surface area (Å²) in [5.74, 6) is 0. The second-order valence-corrected chi connectivity index (χ2v) is 8.96. The lowest BCUT2D eigenvalue weighted by Gasteiger charge is -2.16. The molecule has 0 aliphatic heterocycles. The first-order chi connectivity index (χ1) is 13.8. The third-order valence-electron chi connectivity index (χ3n) is 4.52. The number of hydrogen-bond donors (Lipinski definition) is 0. The molecule has 0 atom stereocenters. The molecule has 0 heterocycles. The van der Waals surface area contributed by atoms with Gasteiger partial charge in [0.1, 0.15) is 0 Å². The Morgan fingerprint density at radius 2 is 0.793 bits per heavy atom. The van der Waals surface area contributed by atoms with Gasteiger partial charge >= 0.3 is 0 Å². The van der Waals surface area contributed by atoms with Gasteiger partial charge in [-0.2, -0.15) is 0 Å². The Morgan fingerprint density at radius 1 is 0.483 bits per heavy atom. The molecule has 4 aromatic rings. The highest BCUT2D eigenvalue weighted by atomic mass is 14.2. The molecule has 29 heavy (non-hydrogen) atoms. The molecule has 0 bridgehead atoms. The van der Waals surface area contributed by atoms with Crippen LogP contribution in [0.4, 0.5) is 0 Å². The van der Waals surface area contributed by atoms with E-state index >= 15 is 0 Å². The van der Waals surface area contributed by atoms with Crippen LogP contribution in [0, 0.1) is 19.3 Å². The second-order valence-electron chi connectivity index (χ2n) is 8.96. The number of benzene rings is 4. The molecule has 0 heteroatoms. The molecule has 0 amide bonds. The van der Waals surface area contributed by atoms with Crippen molar-refractivity contribution in [2.24, 2.45) is 5.41 Å². The lowest BCUT2D eigenvalue weighted by Crippen LogP contribution is -1.93. The zero-order chi connectivity index (χ0) is 21.6. The van der Waals surface area contributed by atoms with Crippen LogP contribution < -0.4 is 0 Å². The molecule has 152 valence electrons. The average Bonchev–Trinajstić information content (AvgIpc) is 2.69. The largest absolute Gasteiger partial charge is 0.0683 e. The van der Waals surface area contributed by atoms with E-state index in [0.717, 1.165) is 0 Å². The van der Waals surface area contributed by atoms with E-state index in [2.05, 4.69) is 114 Å². The summed E-state index contributed by atoms with van der Waals surface area (Å²) in [7, 11) is 0. The normalized spacial score (nSPS) is 10.8. The lowest BCUT2D eigenvalue weighted by atomic mass is 9.88. The molecule has 0 spiro atoms. The van der Waals surface area contributed by atoms with Crippen molar-refractivity contribution in [3.63, 3.8) is 0 Å². The first-order valence-corrected chi connectivity index (χ1v) is 10.7. The molecule has 0 radical (unpaired) electrons. The molecule has 4 rings (SSSR count).